The average molecular weight is 368 g/mol. The van der Waals surface area contributed by atoms with Gasteiger partial charge in [-0.15, -0.1) is 0 Å². The number of imidazole rings is 1. The van der Waals surface area contributed by atoms with E-state index in [1.807, 2.05) is 24.4 Å². The molecule has 0 N–H and O–H groups in total. The molecule has 0 radical (unpaired) electrons. The SMILES string of the molecule is Fc1ccc2c(c1)[se]c1c2nc2ccc(Br)cn21. The summed E-state index contributed by atoms with van der Waals surface area (Å²) in [5.41, 5.74) is 1.95. The van der Waals surface area contributed by atoms with Gasteiger partial charge in [0.25, 0.3) is 0 Å². The molecule has 1 aromatic carbocycles. The quantitative estimate of drug-likeness (QED) is 0.434. The predicted octanol–water partition coefficient (Wildman–Crippen LogP) is 3.60. The van der Waals surface area contributed by atoms with E-state index in [1.54, 1.807) is 6.07 Å². The summed E-state index contributed by atoms with van der Waals surface area (Å²) in [6.07, 6.45) is 2.02. The molecule has 0 saturated heterocycles. The van der Waals surface area contributed by atoms with Crippen molar-refractivity contribution >= 4 is 55.6 Å². The van der Waals surface area contributed by atoms with Gasteiger partial charge in [-0.1, -0.05) is 0 Å². The van der Waals surface area contributed by atoms with Crippen LogP contribution in [0.5, 0.6) is 0 Å². The molecule has 0 aliphatic rings. The standard InChI is InChI=1S/C13H6BrFN2Se/c14-7-1-4-11-16-12-9-3-2-8(15)5-10(9)18-13(12)17(11)6-7/h1-6H. The second-order valence-electron chi connectivity index (χ2n) is 4.08. The van der Waals surface area contributed by atoms with Gasteiger partial charge < -0.3 is 0 Å². The zero-order chi connectivity index (χ0) is 12.3. The minimum atomic E-state index is -0.170. The molecule has 0 fully saturated rings. The number of pyridine rings is 1. The Labute approximate surface area is 116 Å². The van der Waals surface area contributed by atoms with E-state index in [4.69, 9.17) is 0 Å². The van der Waals surface area contributed by atoms with E-state index < -0.39 is 0 Å². The number of hydrogen-bond donors (Lipinski definition) is 0. The molecule has 0 aliphatic heterocycles. The first-order valence-electron chi connectivity index (χ1n) is 5.38. The molecule has 3 aromatic heterocycles. The first-order valence-corrected chi connectivity index (χ1v) is 7.88. The minimum absolute atomic E-state index is 0.118. The van der Waals surface area contributed by atoms with Gasteiger partial charge in [0.2, 0.25) is 0 Å². The Hall–Kier alpha value is -1.16. The zero-order valence-electron chi connectivity index (χ0n) is 9.02. The first-order chi connectivity index (χ1) is 8.72. The van der Waals surface area contributed by atoms with Crippen molar-refractivity contribution in [1.82, 2.24) is 9.38 Å². The maximum absolute atomic E-state index is 13.2. The van der Waals surface area contributed by atoms with Crippen molar-refractivity contribution in [3.05, 3.63) is 46.8 Å². The van der Waals surface area contributed by atoms with Gasteiger partial charge in [-0.2, -0.15) is 0 Å². The predicted molar refractivity (Wildman–Crippen MR) is 74.8 cm³/mol. The second kappa shape index (κ2) is 3.67. The van der Waals surface area contributed by atoms with Crippen LogP contribution in [0.2, 0.25) is 0 Å². The molecule has 3 heterocycles. The van der Waals surface area contributed by atoms with Gasteiger partial charge in [-0.3, -0.25) is 0 Å². The van der Waals surface area contributed by atoms with Crippen LogP contribution in [0.25, 0.3) is 25.2 Å². The van der Waals surface area contributed by atoms with Crippen LogP contribution >= 0.6 is 15.9 Å². The van der Waals surface area contributed by atoms with Crippen LogP contribution in [0.4, 0.5) is 4.39 Å². The van der Waals surface area contributed by atoms with Crippen molar-refractivity contribution in [2.75, 3.05) is 0 Å². The fourth-order valence-electron chi connectivity index (χ4n) is 2.15. The number of halogens is 2. The van der Waals surface area contributed by atoms with Gasteiger partial charge in [0, 0.05) is 0 Å². The normalized spacial score (nSPS) is 11.9. The van der Waals surface area contributed by atoms with Crippen LogP contribution in [-0.4, -0.2) is 23.9 Å². The average Bonchev–Trinajstić information content (AvgIpc) is 2.84. The Balaban J connectivity index is 2.25. The third kappa shape index (κ3) is 1.41. The number of nitrogens with zero attached hydrogens (tertiary/aromatic N) is 2. The van der Waals surface area contributed by atoms with E-state index in [9.17, 15) is 4.39 Å². The van der Waals surface area contributed by atoms with E-state index in [2.05, 4.69) is 25.3 Å². The molecule has 2 nitrogen and oxygen atoms in total. The summed E-state index contributed by atoms with van der Waals surface area (Å²) in [6, 6.07) is 8.93. The van der Waals surface area contributed by atoms with Crippen LogP contribution in [0.1, 0.15) is 0 Å². The second-order valence-corrected chi connectivity index (χ2v) is 7.16. The molecule has 88 valence electrons. The number of rotatable bonds is 0. The number of hydrogen-bond acceptors (Lipinski definition) is 1. The van der Waals surface area contributed by atoms with Crippen LogP contribution in [0.3, 0.4) is 0 Å². The molecule has 0 saturated carbocycles. The van der Waals surface area contributed by atoms with Crippen molar-refractivity contribution in [3.63, 3.8) is 0 Å². The molecule has 4 rings (SSSR count). The topological polar surface area (TPSA) is 17.3 Å². The fourth-order valence-corrected chi connectivity index (χ4v) is 4.90. The first kappa shape index (κ1) is 10.7. The molecule has 4 aromatic rings. The Morgan fingerprint density at radius 3 is 3.00 bits per heavy atom. The molecule has 0 amide bonds. The summed E-state index contributed by atoms with van der Waals surface area (Å²) in [5, 5.41) is 1.08. The Kier molecular flexibility index (Phi) is 2.19. The van der Waals surface area contributed by atoms with E-state index in [1.165, 1.54) is 10.5 Å². The van der Waals surface area contributed by atoms with Crippen molar-refractivity contribution in [3.8, 4) is 0 Å². The van der Waals surface area contributed by atoms with Gasteiger partial charge in [-0.25, -0.2) is 0 Å². The molecule has 5 heteroatoms. The summed E-state index contributed by atoms with van der Waals surface area (Å²) in [6.45, 7) is 0. The molecule has 0 spiro atoms. The van der Waals surface area contributed by atoms with Gasteiger partial charge >= 0.3 is 116 Å². The Morgan fingerprint density at radius 1 is 1.22 bits per heavy atom. The van der Waals surface area contributed by atoms with Gasteiger partial charge in [0.1, 0.15) is 0 Å². The van der Waals surface area contributed by atoms with Crippen LogP contribution < -0.4 is 0 Å². The molecule has 18 heavy (non-hydrogen) atoms. The number of fused-ring (bicyclic) bond motifs is 5. The molecular weight excluding hydrogens is 362 g/mol. The van der Waals surface area contributed by atoms with E-state index in [0.29, 0.717) is 0 Å². The van der Waals surface area contributed by atoms with Crippen LogP contribution in [0, 0.1) is 5.82 Å². The summed E-state index contributed by atoms with van der Waals surface area (Å²) in [4.78, 5) is 4.64. The van der Waals surface area contributed by atoms with Crippen molar-refractivity contribution < 1.29 is 4.39 Å². The number of aromatic nitrogens is 2. The Morgan fingerprint density at radius 2 is 2.11 bits per heavy atom. The monoisotopic (exact) mass is 368 g/mol. The van der Waals surface area contributed by atoms with Crippen molar-refractivity contribution in [2.45, 2.75) is 0 Å². The van der Waals surface area contributed by atoms with E-state index in [0.717, 1.165) is 25.3 Å². The molecule has 0 unspecified atom stereocenters. The summed E-state index contributed by atoms with van der Waals surface area (Å²) >= 11 is 3.59. The third-order valence-corrected chi connectivity index (χ3v) is 5.81. The van der Waals surface area contributed by atoms with Gasteiger partial charge in [0.15, 0.2) is 0 Å². The summed E-state index contributed by atoms with van der Waals surface area (Å²) in [7, 11) is 0. The van der Waals surface area contributed by atoms with Crippen LogP contribution in [-0.2, 0) is 0 Å². The molecule has 0 aliphatic carbocycles. The third-order valence-electron chi connectivity index (χ3n) is 2.94. The fraction of sp³-hybridized carbons (Fsp3) is 0. The van der Waals surface area contributed by atoms with Crippen molar-refractivity contribution in [2.24, 2.45) is 0 Å². The van der Waals surface area contributed by atoms with E-state index in [-0.39, 0.29) is 20.3 Å². The van der Waals surface area contributed by atoms with Gasteiger partial charge in [-0.05, 0) is 0 Å². The molecule has 0 bridgehead atoms. The summed E-state index contributed by atoms with van der Waals surface area (Å²) in [5.74, 6) is -0.170. The van der Waals surface area contributed by atoms with Gasteiger partial charge in [0.05, 0.1) is 0 Å². The van der Waals surface area contributed by atoms with E-state index >= 15 is 0 Å². The van der Waals surface area contributed by atoms with Crippen molar-refractivity contribution in [1.29, 1.82) is 0 Å². The van der Waals surface area contributed by atoms with Crippen LogP contribution in [0.15, 0.2) is 41.0 Å². The summed E-state index contributed by atoms with van der Waals surface area (Å²) < 4.78 is 18.6. The number of benzene rings is 1. The maximum atomic E-state index is 13.2. The Bertz CT molecular complexity index is 909. The molecule has 0 atom stereocenters. The molecular formula is C13H6BrFN2Se. The zero-order valence-corrected chi connectivity index (χ0v) is 12.3.